The molecule has 18 heavy (non-hydrogen) atoms. The van der Waals surface area contributed by atoms with E-state index in [-0.39, 0.29) is 0 Å². The molecule has 0 spiro atoms. The van der Waals surface area contributed by atoms with Crippen molar-refractivity contribution in [2.24, 2.45) is 17.6 Å². The van der Waals surface area contributed by atoms with E-state index < -0.39 is 0 Å². The van der Waals surface area contributed by atoms with Crippen LogP contribution in [0.4, 0.5) is 0 Å². The van der Waals surface area contributed by atoms with Gasteiger partial charge in [0, 0.05) is 25.2 Å². The Bertz CT molecular complexity index is 281. The number of rotatable bonds is 2. The van der Waals surface area contributed by atoms with Gasteiger partial charge in [0.05, 0.1) is 0 Å². The van der Waals surface area contributed by atoms with Gasteiger partial charge in [-0.15, -0.1) is 0 Å². The van der Waals surface area contributed by atoms with Gasteiger partial charge in [0.1, 0.15) is 0 Å². The molecule has 0 bridgehead atoms. The Balaban J connectivity index is 1.54. The van der Waals surface area contributed by atoms with Crippen LogP contribution in [0.5, 0.6) is 0 Å². The maximum Gasteiger partial charge on any atom is 0.0145 e. The molecule has 0 amide bonds. The summed E-state index contributed by atoms with van der Waals surface area (Å²) < 4.78 is 0. The second kappa shape index (κ2) is 5.48. The smallest absolute Gasteiger partial charge is 0.0145 e. The molecule has 104 valence electrons. The summed E-state index contributed by atoms with van der Waals surface area (Å²) in [5, 5.41) is 0. The minimum absolute atomic E-state index is 0.483. The first-order valence-electron chi connectivity index (χ1n) is 7.92. The zero-order valence-electron chi connectivity index (χ0n) is 11.9. The van der Waals surface area contributed by atoms with Crippen LogP contribution in [0.25, 0.3) is 0 Å². The summed E-state index contributed by atoms with van der Waals surface area (Å²) >= 11 is 0. The predicted molar refractivity (Wildman–Crippen MR) is 75.5 cm³/mol. The molecule has 4 atom stereocenters. The van der Waals surface area contributed by atoms with Gasteiger partial charge < -0.3 is 15.5 Å². The highest BCUT2D eigenvalue weighted by Gasteiger charge is 2.35. The van der Waals surface area contributed by atoms with Crippen LogP contribution in [-0.4, -0.2) is 55.1 Å². The molecular weight excluding hydrogens is 222 g/mol. The van der Waals surface area contributed by atoms with E-state index in [1.807, 2.05) is 0 Å². The second-order valence-electron chi connectivity index (χ2n) is 6.85. The standard InChI is InChI=1S/C15H29N3/c1-17-8-3-5-13-11-18(9-7-15(13)17)10-12-4-2-6-14(12)16/h12-15H,2-11,16H2,1H3. The maximum absolute atomic E-state index is 6.22. The molecule has 1 saturated carbocycles. The molecule has 0 aromatic heterocycles. The van der Waals surface area contributed by atoms with Crippen molar-refractivity contribution in [1.82, 2.24) is 9.80 Å². The van der Waals surface area contributed by atoms with Crippen LogP contribution >= 0.6 is 0 Å². The molecule has 2 heterocycles. The third-order valence-corrected chi connectivity index (χ3v) is 5.64. The molecule has 3 fully saturated rings. The van der Waals surface area contributed by atoms with Crippen LogP contribution in [0.3, 0.4) is 0 Å². The Hall–Kier alpha value is -0.120. The summed E-state index contributed by atoms with van der Waals surface area (Å²) in [6.45, 7) is 5.22. The second-order valence-corrected chi connectivity index (χ2v) is 6.85. The van der Waals surface area contributed by atoms with E-state index in [4.69, 9.17) is 5.73 Å². The lowest BCUT2D eigenvalue weighted by Gasteiger charge is -2.46. The van der Waals surface area contributed by atoms with Gasteiger partial charge in [-0.2, -0.15) is 0 Å². The molecule has 3 heteroatoms. The lowest BCUT2D eigenvalue weighted by molar-refractivity contribution is 0.0319. The van der Waals surface area contributed by atoms with E-state index >= 15 is 0 Å². The van der Waals surface area contributed by atoms with Crippen LogP contribution < -0.4 is 5.73 Å². The van der Waals surface area contributed by atoms with Gasteiger partial charge in [0.2, 0.25) is 0 Å². The Morgan fingerprint density at radius 3 is 2.72 bits per heavy atom. The van der Waals surface area contributed by atoms with Crippen molar-refractivity contribution >= 4 is 0 Å². The number of nitrogens with zero attached hydrogens (tertiary/aromatic N) is 2. The van der Waals surface area contributed by atoms with Crippen LogP contribution in [0.15, 0.2) is 0 Å². The summed E-state index contributed by atoms with van der Waals surface area (Å²) in [7, 11) is 2.32. The molecule has 0 radical (unpaired) electrons. The molecule has 2 N–H and O–H groups in total. The fraction of sp³-hybridized carbons (Fsp3) is 1.00. The van der Waals surface area contributed by atoms with Crippen molar-refractivity contribution in [1.29, 1.82) is 0 Å². The summed E-state index contributed by atoms with van der Waals surface area (Å²) in [4.78, 5) is 5.32. The molecule has 3 rings (SSSR count). The van der Waals surface area contributed by atoms with E-state index in [9.17, 15) is 0 Å². The zero-order valence-corrected chi connectivity index (χ0v) is 11.9. The van der Waals surface area contributed by atoms with Crippen LogP contribution in [-0.2, 0) is 0 Å². The molecule has 3 nitrogen and oxygen atoms in total. The zero-order chi connectivity index (χ0) is 12.5. The number of piperidine rings is 2. The van der Waals surface area contributed by atoms with E-state index in [1.165, 1.54) is 64.7 Å². The van der Waals surface area contributed by atoms with Gasteiger partial charge in [-0.3, -0.25) is 0 Å². The largest absolute Gasteiger partial charge is 0.327 e. The van der Waals surface area contributed by atoms with Gasteiger partial charge in [-0.1, -0.05) is 6.42 Å². The minimum atomic E-state index is 0.483. The van der Waals surface area contributed by atoms with Crippen molar-refractivity contribution in [2.75, 3.05) is 33.2 Å². The summed E-state index contributed by atoms with van der Waals surface area (Å²) in [5.74, 6) is 1.71. The molecule has 2 saturated heterocycles. The van der Waals surface area contributed by atoms with Crippen LogP contribution in [0, 0.1) is 11.8 Å². The summed E-state index contributed by atoms with van der Waals surface area (Å²) in [6.07, 6.45) is 8.20. The highest BCUT2D eigenvalue weighted by molar-refractivity contribution is 4.91. The highest BCUT2D eigenvalue weighted by atomic mass is 15.2. The summed E-state index contributed by atoms with van der Waals surface area (Å²) in [5.41, 5.74) is 6.22. The number of hydrogen-bond donors (Lipinski definition) is 1. The molecule has 1 aliphatic carbocycles. The van der Waals surface area contributed by atoms with Gasteiger partial charge in [-0.05, 0) is 64.1 Å². The van der Waals surface area contributed by atoms with Gasteiger partial charge in [0.25, 0.3) is 0 Å². The molecule has 2 aliphatic heterocycles. The average molecular weight is 251 g/mol. The lowest BCUT2D eigenvalue weighted by atomic mass is 9.84. The highest BCUT2D eigenvalue weighted by Crippen LogP contribution is 2.31. The monoisotopic (exact) mass is 251 g/mol. The van der Waals surface area contributed by atoms with Crippen molar-refractivity contribution in [3.8, 4) is 0 Å². The number of hydrogen-bond acceptors (Lipinski definition) is 3. The first kappa shape index (κ1) is 12.9. The van der Waals surface area contributed by atoms with Crippen LogP contribution in [0.2, 0.25) is 0 Å². The maximum atomic E-state index is 6.22. The quantitative estimate of drug-likeness (QED) is 0.808. The number of likely N-dealkylation sites (tertiary alicyclic amines) is 2. The molecule has 0 aromatic rings. The fourth-order valence-corrected chi connectivity index (χ4v) is 4.52. The van der Waals surface area contributed by atoms with Crippen molar-refractivity contribution in [3.05, 3.63) is 0 Å². The topological polar surface area (TPSA) is 32.5 Å². The third kappa shape index (κ3) is 2.59. The van der Waals surface area contributed by atoms with Crippen LogP contribution in [0.1, 0.15) is 38.5 Å². The van der Waals surface area contributed by atoms with E-state index in [0.717, 1.165) is 17.9 Å². The average Bonchev–Trinajstić information content (AvgIpc) is 2.75. The van der Waals surface area contributed by atoms with Gasteiger partial charge in [0.15, 0.2) is 0 Å². The Morgan fingerprint density at radius 1 is 1.06 bits per heavy atom. The lowest BCUT2D eigenvalue weighted by Crippen LogP contribution is -2.53. The van der Waals surface area contributed by atoms with Crippen molar-refractivity contribution in [2.45, 2.75) is 50.6 Å². The molecule has 0 aromatic carbocycles. The van der Waals surface area contributed by atoms with Gasteiger partial charge >= 0.3 is 0 Å². The normalized spacial score (nSPS) is 43.0. The number of nitrogens with two attached hydrogens (primary N) is 1. The van der Waals surface area contributed by atoms with Crippen molar-refractivity contribution < 1.29 is 0 Å². The van der Waals surface area contributed by atoms with E-state index in [0.29, 0.717) is 6.04 Å². The third-order valence-electron chi connectivity index (χ3n) is 5.64. The van der Waals surface area contributed by atoms with Crippen molar-refractivity contribution in [3.63, 3.8) is 0 Å². The molecule has 4 unspecified atom stereocenters. The predicted octanol–water partition coefficient (Wildman–Crippen LogP) is 1.53. The fourth-order valence-electron chi connectivity index (χ4n) is 4.52. The Morgan fingerprint density at radius 2 is 1.94 bits per heavy atom. The Labute approximate surface area is 112 Å². The molecular formula is C15H29N3. The SMILES string of the molecule is CN1CCCC2CN(CC3CCCC3N)CCC21. The first-order valence-corrected chi connectivity index (χ1v) is 7.92. The van der Waals surface area contributed by atoms with Gasteiger partial charge in [-0.25, -0.2) is 0 Å². The first-order chi connectivity index (χ1) is 8.74. The van der Waals surface area contributed by atoms with E-state index in [2.05, 4.69) is 16.8 Å². The number of fused-ring (bicyclic) bond motifs is 1. The molecule has 3 aliphatic rings. The summed E-state index contributed by atoms with van der Waals surface area (Å²) in [6, 6.07) is 1.35. The minimum Gasteiger partial charge on any atom is -0.327 e. The Kier molecular flexibility index (Phi) is 3.92. The van der Waals surface area contributed by atoms with E-state index in [1.54, 1.807) is 0 Å².